The van der Waals surface area contributed by atoms with E-state index in [0.29, 0.717) is 24.6 Å². The van der Waals surface area contributed by atoms with E-state index in [4.69, 9.17) is 9.15 Å². The second-order valence-corrected chi connectivity index (χ2v) is 6.12. The van der Waals surface area contributed by atoms with Crippen molar-refractivity contribution in [3.8, 4) is 27.3 Å². The molecule has 0 amide bonds. The molecular formula is C15H12N4O3S. The van der Waals surface area contributed by atoms with Crippen molar-refractivity contribution in [2.24, 2.45) is 5.18 Å². The summed E-state index contributed by atoms with van der Waals surface area (Å²) >= 11 is 1.47. The maximum absolute atomic E-state index is 10.9. The molecule has 0 saturated heterocycles. The van der Waals surface area contributed by atoms with Crippen LogP contribution in [0.25, 0.3) is 21.3 Å². The van der Waals surface area contributed by atoms with Crippen LogP contribution in [-0.2, 0) is 0 Å². The zero-order valence-electron chi connectivity index (χ0n) is 12.2. The van der Waals surface area contributed by atoms with Crippen LogP contribution < -0.4 is 4.74 Å². The first kappa shape index (κ1) is 14.0. The maximum atomic E-state index is 10.9. The molecule has 1 aliphatic heterocycles. The fourth-order valence-electron chi connectivity index (χ4n) is 2.44. The fourth-order valence-corrected chi connectivity index (χ4v) is 3.42. The summed E-state index contributed by atoms with van der Waals surface area (Å²) in [5, 5.41) is 3.94. The van der Waals surface area contributed by atoms with Crippen LogP contribution in [0.5, 0.6) is 5.95 Å². The predicted molar refractivity (Wildman–Crippen MR) is 84.2 cm³/mol. The average molecular weight is 328 g/mol. The van der Waals surface area contributed by atoms with Gasteiger partial charge in [0.2, 0.25) is 5.89 Å². The van der Waals surface area contributed by atoms with Gasteiger partial charge in [0.25, 0.3) is 0 Å². The van der Waals surface area contributed by atoms with Crippen LogP contribution >= 0.6 is 11.3 Å². The summed E-state index contributed by atoms with van der Waals surface area (Å²) in [5.41, 5.74) is 2.21. The van der Waals surface area contributed by atoms with E-state index in [1.165, 1.54) is 11.3 Å². The second kappa shape index (κ2) is 5.54. The number of hydrogen-bond donors (Lipinski definition) is 0. The number of pyridine rings is 1. The van der Waals surface area contributed by atoms with Crippen molar-refractivity contribution >= 4 is 11.3 Å². The summed E-state index contributed by atoms with van der Waals surface area (Å²) in [7, 11) is 0. The van der Waals surface area contributed by atoms with Crippen LogP contribution in [0, 0.1) is 11.8 Å². The van der Waals surface area contributed by atoms with Gasteiger partial charge >= 0.3 is 5.95 Å². The third kappa shape index (κ3) is 2.40. The Morgan fingerprint density at radius 2 is 2.30 bits per heavy atom. The van der Waals surface area contributed by atoms with E-state index in [-0.39, 0.29) is 5.95 Å². The number of ether oxygens (including phenoxy) is 1. The Labute approximate surface area is 135 Å². The highest BCUT2D eigenvalue weighted by atomic mass is 32.1. The fraction of sp³-hybridized carbons (Fsp3) is 0.267. The summed E-state index contributed by atoms with van der Waals surface area (Å²) < 4.78 is 11.1. The molecule has 23 heavy (non-hydrogen) atoms. The van der Waals surface area contributed by atoms with E-state index in [1.807, 2.05) is 19.1 Å². The zero-order valence-corrected chi connectivity index (χ0v) is 13.0. The second-order valence-electron chi connectivity index (χ2n) is 5.13. The first-order valence-electron chi connectivity index (χ1n) is 7.10. The first-order chi connectivity index (χ1) is 11.3. The number of fused-ring (bicyclic) bond motifs is 1. The lowest BCUT2D eigenvalue weighted by Gasteiger charge is -2.13. The van der Waals surface area contributed by atoms with E-state index in [0.717, 1.165) is 21.1 Å². The number of aromatic nitrogens is 3. The Morgan fingerprint density at radius 1 is 1.39 bits per heavy atom. The number of nitrogens with zero attached hydrogens (tertiary/aromatic N) is 4. The molecule has 0 aromatic carbocycles. The highest BCUT2D eigenvalue weighted by molar-refractivity contribution is 7.18. The molecule has 116 valence electrons. The quantitative estimate of drug-likeness (QED) is 0.680. The van der Waals surface area contributed by atoms with Crippen LogP contribution in [0.2, 0.25) is 0 Å². The summed E-state index contributed by atoms with van der Waals surface area (Å²) in [6.45, 7) is 2.30. The highest BCUT2D eigenvalue weighted by Crippen LogP contribution is 2.41. The minimum absolute atomic E-state index is 0.284. The largest absolute Gasteiger partial charge is 0.464 e. The van der Waals surface area contributed by atoms with Crippen LogP contribution in [0.1, 0.15) is 23.9 Å². The third-order valence-electron chi connectivity index (χ3n) is 3.59. The van der Waals surface area contributed by atoms with Crippen molar-refractivity contribution in [3.05, 3.63) is 40.8 Å². The van der Waals surface area contributed by atoms with Crippen LogP contribution in [0.4, 0.5) is 0 Å². The number of aryl methyl sites for hydroxylation is 1. The molecule has 3 aromatic rings. The third-order valence-corrected chi connectivity index (χ3v) is 4.78. The summed E-state index contributed by atoms with van der Waals surface area (Å²) in [6, 6.07) is 3.30. The van der Waals surface area contributed by atoms with Crippen molar-refractivity contribution < 1.29 is 9.15 Å². The molecule has 1 unspecified atom stereocenters. The van der Waals surface area contributed by atoms with Gasteiger partial charge in [-0.15, -0.1) is 11.3 Å². The van der Waals surface area contributed by atoms with Crippen LogP contribution in [0.3, 0.4) is 0 Å². The lowest BCUT2D eigenvalue weighted by molar-refractivity contribution is 0.209. The standard InChI is InChI=1S/C15H12N4O3S/c1-8-12(23-14(17-8)9-3-2-5-16-7-9)13-18-11-10(19-20)4-6-21-15(11)22-13/h2-3,5,7,10H,4,6H2,1H3. The van der Waals surface area contributed by atoms with Crippen LogP contribution in [-0.4, -0.2) is 21.6 Å². The number of hydrogen-bond acceptors (Lipinski definition) is 8. The van der Waals surface area contributed by atoms with Crippen LogP contribution in [0.15, 0.2) is 34.1 Å². The van der Waals surface area contributed by atoms with Gasteiger partial charge in [-0.1, -0.05) is 5.18 Å². The van der Waals surface area contributed by atoms with Crippen molar-refractivity contribution in [2.45, 2.75) is 19.4 Å². The van der Waals surface area contributed by atoms with Gasteiger partial charge in [-0.25, -0.2) is 9.97 Å². The van der Waals surface area contributed by atoms with Gasteiger partial charge in [-0.05, 0) is 19.1 Å². The molecular weight excluding hydrogens is 316 g/mol. The summed E-state index contributed by atoms with van der Waals surface area (Å²) in [6.07, 6.45) is 4.00. The molecule has 1 aliphatic rings. The number of rotatable bonds is 3. The Kier molecular flexibility index (Phi) is 3.38. The topological polar surface area (TPSA) is 90.5 Å². The molecule has 8 heteroatoms. The van der Waals surface area contributed by atoms with Gasteiger partial charge < -0.3 is 9.15 Å². The molecule has 3 aromatic heterocycles. The minimum Gasteiger partial charge on any atom is -0.464 e. The molecule has 0 bridgehead atoms. The van der Waals surface area contributed by atoms with E-state index in [2.05, 4.69) is 20.1 Å². The molecule has 4 heterocycles. The number of thiazole rings is 1. The van der Waals surface area contributed by atoms with Crippen molar-refractivity contribution in [3.63, 3.8) is 0 Å². The van der Waals surface area contributed by atoms with Crippen molar-refractivity contribution in [1.29, 1.82) is 0 Å². The molecule has 1 atom stereocenters. The van der Waals surface area contributed by atoms with Crippen molar-refractivity contribution in [1.82, 2.24) is 15.0 Å². The SMILES string of the molecule is Cc1nc(-c2cccnc2)sc1-c1nc2c(o1)OCCC2N=O. The van der Waals surface area contributed by atoms with E-state index in [1.54, 1.807) is 12.4 Å². The smallest absolute Gasteiger partial charge is 0.311 e. The molecule has 0 fully saturated rings. The monoisotopic (exact) mass is 328 g/mol. The Balaban J connectivity index is 1.76. The molecule has 4 rings (SSSR count). The van der Waals surface area contributed by atoms with Gasteiger partial charge in [-0.2, -0.15) is 4.91 Å². The molecule has 0 aliphatic carbocycles. The molecule has 0 radical (unpaired) electrons. The lowest BCUT2D eigenvalue weighted by Crippen LogP contribution is -2.11. The van der Waals surface area contributed by atoms with Gasteiger partial charge in [0.15, 0.2) is 5.69 Å². The zero-order chi connectivity index (χ0) is 15.8. The van der Waals surface area contributed by atoms with Crippen molar-refractivity contribution in [2.75, 3.05) is 6.61 Å². The van der Waals surface area contributed by atoms with Gasteiger partial charge in [0.1, 0.15) is 15.9 Å². The first-order valence-corrected chi connectivity index (χ1v) is 7.92. The van der Waals surface area contributed by atoms with Gasteiger partial charge in [0, 0.05) is 24.4 Å². The number of nitroso groups, excluding NO2 is 1. The molecule has 0 N–H and O–H groups in total. The highest BCUT2D eigenvalue weighted by Gasteiger charge is 2.30. The lowest BCUT2D eigenvalue weighted by atomic mass is 10.1. The van der Waals surface area contributed by atoms with Gasteiger partial charge in [-0.3, -0.25) is 4.98 Å². The Morgan fingerprint density at radius 3 is 3.09 bits per heavy atom. The maximum Gasteiger partial charge on any atom is 0.311 e. The molecule has 7 nitrogen and oxygen atoms in total. The number of oxazole rings is 1. The average Bonchev–Trinajstić information content (AvgIpc) is 3.18. The van der Waals surface area contributed by atoms with E-state index in [9.17, 15) is 4.91 Å². The predicted octanol–water partition coefficient (Wildman–Crippen LogP) is 3.76. The summed E-state index contributed by atoms with van der Waals surface area (Å²) in [5.74, 6) is 0.697. The Bertz CT molecular complexity index is 859. The Hall–Kier alpha value is -2.61. The van der Waals surface area contributed by atoms with E-state index >= 15 is 0 Å². The minimum atomic E-state index is -0.512. The molecule has 0 saturated carbocycles. The summed E-state index contributed by atoms with van der Waals surface area (Å²) in [4.78, 5) is 24.8. The molecule has 0 spiro atoms. The van der Waals surface area contributed by atoms with Gasteiger partial charge in [0.05, 0.1) is 12.3 Å². The van der Waals surface area contributed by atoms with E-state index < -0.39 is 6.04 Å². The normalized spacial score (nSPS) is 16.7.